The fraction of sp³-hybridized carbons (Fsp3) is 0.375. The smallest absolute Gasteiger partial charge is 0.171 e. The van der Waals surface area contributed by atoms with E-state index in [1.54, 1.807) is 25.1 Å². The fourth-order valence-corrected chi connectivity index (χ4v) is 2.03. The van der Waals surface area contributed by atoms with Gasteiger partial charge in [0.25, 0.3) is 0 Å². The Morgan fingerprint density at radius 3 is 2.60 bits per heavy atom. The van der Waals surface area contributed by atoms with E-state index in [1.165, 1.54) is 0 Å². The zero-order valence-electron chi connectivity index (χ0n) is 12.0. The number of aryl methyl sites for hydroxylation is 2. The molecule has 2 unspecified atom stereocenters. The van der Waals surface area contributed by atoms with E-state index in [0.29, 0.717) is 17.7 Å². The first kappa shape index (κ1) is 14.6. The molecule has 4 heteroatoms. The molecule has 2 aromatic rings. The summed E-state index contributed by atoms with van der Waals surface area (Å²) in [7, 11) is 0. The topological polar surface area (TPSA) is 48.4 Å². The van der Waals surface area contributed by atoms with Gasteiger partial charge in [0.05, 0.1) is 0 Å². The van der Waals surface area contributed by atoms with E-state index in [9.17, 15) is 4.39 Å². The molecular formula is C16H20FNO2. The molecule has 1 heterocycles. The number of hydrogen-bond donors (Lipinski definition) is 1. The second-order valence-corrected chi connectivity index (χ2v) is 4.95. The Balaban J connectivity index is 2.31. The highest BCUT2D eigenvalue weighted by molar-refractivity contribution is 5.31. The van der Waals surface area contributed by atoms with Crippen molar-refractivity contribution in [2.24, 2.45) is 5.73 Å². The summed E-state index contributed by atoms with van der Waals surface area (Å²) in [6.07, 6.45) is 0.211. The van der Waals surface area contributed by atoms with Crippen LogP contribution < -0.4 is 10.5 Å². The van der Waals surface area contributed by atoms with Gasteiger partial charge in [0.15, 0.2) is 17.7 Å². The van der Waals surface area contributed by atoms with Gasteiger partial charge < -0.3 is 14.9 Å². The molecular weight excluding hydrogens is 257 g/mol. The third-order valence-corrected chi connectivity index (χ3v) is 3.31. The highest BCUT2D eigenvalue weighted by Crippen LogP contribution is 2.29. The van der Waals surface area contributed by atoms with Crippen LogP contribution >= 0.6 is 0 Å². The van der Waals surface area contributed by atoms with Crippen molar-refractivity contribution in [2.75, 3.05) is 0 Å². The number of hydrogen-bond acceptors (Lipinski definition) is 3. The molecule has 0 aliphatic heterocycles. The molecule has 3 nitrogen and oxygen atoms in total. The summed E-state index contributed by atoms with van der Waals surface area (Å²) in [6, 6.07) is 8.47. The van der Waals surface area contributed by atoms with Gasteiger partial charge in [0.1, 0.15) is 11.5 Å². The first-order valence-corrected chi connectivity index (χ1v) is 6.76. The van der Waals surface area contributed by atoms with E-state index < -0.39 is 6.10 Å². The Hall–Kier alpha value is -1.81. The van der Waals surface area contributed by atoms with Crippen LogP contribution in [0.4, 0.5) is 4.39 Å². The van der Waals surface area contributed by atoms with Crippen LogP contribution in [0.3, 0.4) is 0 Å². The molecule has 1 aromatic carbocycles. The number of furan rings is 1. The maximum Gasteiger partial charge on any atom is 0.171 e. The maximum absolute atomic E-state index is 14.1. The Kier molecular flexibility index (Phi) is 4.45. The molecule has 0 radical (unpaired) electrons. The molecule has 0 saturated heterocycles. The SMILES string of the molecule is CCC(N)C(Oc1cccc(C)c1F)c1ccc(C)o1. The lowest BCUT2D eigenvalue weighted by molar-refractivity contribution is 0.137. The van der Waals surface area contributed by atoms with Gasteiger partial charge in [0.2, 0.25) is 0 Å². The van der Waals surface area contributed by atoms with Gasteiger partial charge in [0, 0.05) is 6.04 Å². The van der Waals surface area contributed by atoms with Gasteiger partial charge in [-0.25, -0.2) is 4.39 Å². The standard InChI is InChI=1S/C16H20FNO2/c1-4-12(18)16(14-9-8-11(3)19-14)20-13-7-5-6-10(2)15(13)17/h5-9,12,16H,4,18H2,1-3H3. The van der Waals surface area contributed by atoms with Crippen LogP contribution in [0, 0.1) is 19.7 Å². The highest BCUT2D eigenvalue weighted by atomic mass is 19.1. The van der Waals surface area contributed by atoms with Crippen molar-refractivity contribution in [2.45, 2.75) is 39.3 Å². The average molecular weight is 277 g/mol. The lowest BCUT2D eigenvalue weighted by Gasteiger charge is -2.23. The van der Waals surface area contributed by atoms with Crippen molar-refractivity contribution in [1.29, 1.82) is 0 Å². The number of rotatable bonds is 5. The normalized spacial score (nSPS) is 14.1. The van der Waals surface area contributed by atoms with Crippen molar-refractivity contribution < 1.29 is 13.5 Å². The minimum Gasteiger partial charge on any atom is -0.478 e. The monoisotopic (exact) mass is 277 g/mol. The van der Waals surface area contributed by atoms with Crippen molar-refractivity contribution in [3.05, 3.63) is 53.2 Å². The number of ether oxygens (including phenoxy) is 1. The lowest BCUT2D eigenvalue weighted by atomic mass is 10.1. The average Bonchev–Trinajstić information content (AvgIpc) is 2.86. The van der Waals surface area contributed by atoms with E-state index in [1.807, 2.05) is 26.0 Å². The fourth-order valence-electron chi connectivity index (χ4n) is 2.03. The van der Waals surface area contributed by atoms with Crippen LogP contribution in [0.25, 0.3) is 0 Å². The quantitative estimate of drug-likeness (QED) is 0.901. The molecule has 20 heavy (non-hydrogen) atoms. The van der Waals surface area contributed by atoms with Crippen LogP contribution in [0.15, 0.2) is 34.7 Å². The van der Waals surface area contributed by atoms with Gasteiger partial charge in [-0.2, -0.15) is 0 Å². The van der Waals surface area contributed by atoms with E-state index in [-0.39, 0.29) is 17.6 Å². The largest absolute Gasteiger partial charge is 0.478 e. The Bertz CT molecular complexity index is 580. The molecule has 0 fully saturated rings. The van der Waals surface area contributed by atoms with E-state index in [0.717, 1.165) is 5.76 Å². The highest BCUT2D eigenvalue weighted by Gasteiger charge is 2.25. The van der Waals surface area contributed by atoms with E-state index in [2.05, 4.69) is 0 Å². The number of halogens is 1. The van der Waals surface area contributed by atoms with Crippen molar-refractivity contribution >= 4 is 0 Å². The molecule has 0 aliphatic carbocycles. The molecule has 1 aromatic heterocycles. The predicted octanol–water partition coefficient (Wildman–Crippen LogP) is 3.89. The molecule has 0 bridgehead atoms. The van der Waals surface area contributed by atoms with Gasteiger partial charge in [-0.15, -0.1) is 0 Å². The Labute approximate surface area is 118 Å². The van der Waals surface area contributed by atoms with Crippen LogP contribution in [0.5, 0.6) is 5.75 Å². The summed E-state index contributed by atoms with van der Waals surface area (Å²) < 4.78 is 25.4. The third-order valence-electron chi connectivity index (χ3n) is 3.31. The summed E-state index contributed by atoms with van der Waals surface area (Å²) in [5.41, 5.74) is 6.63. The Morgan fingerprint density at radius 2 is 2.00 bits per heavy atom. The zero-order chi connectivity index (χ0) is 14.7. The van der Waals surface area contributed by atoms with Gasteiger partial charge in [-0.3, -0.25) is 0 Å². The minimum atomic E-state index is -0.495. The lowest BCUT2D eigenvalue weighted by Crippen LogP contribution is -2.31. The third kappa shape index (κ3) is 3.02. The minimum absolute atomic E-state index is 0.202. The van der Waals surface area contributed by atoms with Crippen LogP contribution in [-0.4, -0.2) is 6.04 Å². The van der Waals surface area contributed by atoms with Crippen LogP contribution in [0.2, 0.25) is 0 Å². The molecule has 2 atom stereocenters. The molecule has 0 aliphatic rings. The first-order valence-electron chi connectivity index (χ1n) is 6.76. The summed E-state index contributed by atoms with van der Waals surface area (Å²) >= 11 is 0. The van der Waals surface area contributed by atoms with E-state index in [4.69, 9.17) is 14.9 Å². The molecule has 0 spiro atoms. The first-order chi connectivity index (χ1) is 9.52. The predicted molar refractivity (Wildman–Crippen MR) is 76.2 cm³/mol. The van der Waals surface area contributed by atoms with Crippen molar-refractivity contribution in [3.63, 3.8) is 0 Å². The van der Waals surface area contributed by atoms with Crippen LogP contribution in [-0.2, 0) is 0 Å². The molecule has 108 valence electrons. The summed E-state index contributed by atoms with van der Waals surface area (Å²) in [6.45, 7) is 5.52. The summed E-state index contributed by atoms with van der Waals surface area (Å²) in [5, 5.41) is 0. The van der Waals surface area contributed by atoms with Gasteiger partial charge in [-0.05, 0) is 44.0 Å². The van der Waals surface area contributed by atoms with Crippen LogP contribution in [0.1, 0.15) is 36.5 Å². The molecule has 0 saturated carbocycles. The molecule has 0 amide bonds. The maximum atomic E-state index is 14.1. The van der Waals surface area contributed by atoms with Crippen molar-refractivity contribution in [3.8, 4) is 5.75 Å². The second-order valence-electron chi connectivity index (χ2n) is 4.95. The molecule has 2 N–H and O–H groups in total. The van der Waals surface area contributed by atoms with Crippen molar-refractivity contribution in [1.82, 2.24) is 0 Å². The van der Waals surface area contributed by atoms with E-state index >= 15 is 0 Å². The second kappa shape index (κ2) is 6.09. The summed E-state index contributed by atoms with van der Waals surface area (Å²) in [4.78, 5) is 0. The zero-order valence-corrected chi connectivity index (χ0v) is 12.0. The number of nitrogens with two attached hydrogens (primary N) is 1. The number of benzene rings is 1. The molecule has 2 rings (SSSR count). The Morgan fingerprint density at radius 1 is 1.25 bits per heavy atom. The summed E-state index contributed by atoms with van der Waals surface area (Å²) in [5.74, 6) is 1.25. The van der Waals surface area contributed by atoms with Gasteiger partial charge in [-0.1, -0.05) is 19.1 Å². The van der Waals surface area contributed by atoms with Gasteiger partial charge >= 0.3 is 0 Å².